The van der Waals surface area contributed by atoms with E-state index in [1.165, 1.54) is 12.2 Å². The fourth-order valence-corrected chi connectivity index (χ4v) is 2.76. The summed E-state index contributed by atoms with van der Waals surface area (Å²) >= 11 is 0. The lowest BCUT2D eigenvalue weighted by Crippen LogP contribution is -2.28. The third-order valence-electron chi connectivity index (χ3n) is 2.73. The molecule has 1 nitrogen and oxygen atoms in total. The Labute approximate surface area is 80.9 Å². The molecule has 2 unspecified atom stereocenters. The van der Waals surface area contributed by atoms with Crippen molar-refractivity contribution in [2.24, 2.45) is 11.8 Å². The highest BCUT2D eigenvalue weighted by Crippen LogP contribution is 2.39. The van der Waals surface area contributed by atoms with E-state index >= 15 is 0 Å². The summed E-state index contributed by atoms with van der Waals surface area (Å²) in [5, 5.41) is 0. The normalized spacial score (nSPS) is 30.5. The van der Waals surface area contributed by atoms with Gasteiger partial charge in [0.25, 0.3) is 8.32 Å². The van der Waals surface area contributed by atoms with Crippen molar-refractivity contribution < 1.29 is 4.43 Å². The summed E-state index contributed by atoms with van der Waals surface area (Å²) in [7, 11) is -1.62. The first kappa shape index (κ1) is 8.82. The molecular formula is C11H16OSi. The third kappa shape index (κ3) is 1.63. The highest BCUT2D eigenvalue weighted by atomic mass is 28.4. The first-order valence-electron chi connectivity index (χ1n) is 4.83. The Kier molecular flexibility index (Phi) is 1.95. The zero-order valence-electron chi connectivity index (χ0n) is 8.29. The molecule has 0 saturated heterocycles. The maximum atomic E-state index is 6.01. The van der Waals surface area contributed by atoms with Gasteiger partial charge in [0.1, 0.15) is 0 Å². The number of allylic oxidation sites excluding steroid dienone is 3. The SMILES string of the molecule is C=C[Si](C)(C)OC1=CC2C=CC1C2. The van der Waals surface area contributed by atoms with Crippen LogP contribution in [0.25, 0.3) is 0 Å². The maximum absolute atomic E-state index is 6.01. The van der Waals surface area contributed by atoms with Crippen molar-refractivity contribution in [2.75, 3.05) is 0 Å². The second kappa shape index (κ2) is 2.88. The van der Waals surface area contributed by atoms with E-state index in [4.69, 9.17) is 4.43 Å². The van der Waals surface area contributed by atoms with E-state index in [1.54, 1.807) is 0 Å². The van der Waals surface area contributed by atoms with Crippen LogP contribution in [0.1, 0.15) is 6.42 Å². The highest BCUT2D eigenvalue weighted by Gasteiger charge is 2.32. The molecule has 70 valence electrons. The van der Waals surface area contributed by atoms with E-state index in [-0.39, 0.29) is 0 Å². The fraction of sp³-hybridized carbons (Fsp3) is 0.455. The Morgan fingerprint density at radius 3 is 2.77 bits per heavy atom. The molecule has 0 saturated carbocycles. The van der Waals surface area contributed by atoms with Crippen LogP contribution in [0.3, 0.4) is 0 Å². The van der Waals surface area contributed by atoms with E-state index < -0.39 is 8.32 Å². The summed E-state index contributed by atoms with van der Waals surface area (Å²) in [4.78, 5) is 0. The third-order valence-corrected chi connectivity index (χ3v) is 4.48. The number of rotatable bonds is 3. The molecule has 2 rings (SSSR count). The van der Waals surface area contributed by atoms with Crippen LogP contribution in [0.2, 0.25) is 13.1 Å². The topological polar surface area (TPSA) is 9.23 Å². The molecule has 0 N–H and O–H groups in total. The summed E-state index contributed by atoms with van der Waals surface area (Å²) in [5.41, 5.74) is 1.99. The minimum atomic E-state index is -1.62. The highest BCUT2D eigenvalue weighted by molar-refractivity contribution is 6.76. The summed E-state index contributed by atoms with van der Waals surface area (Å²) in [6.45, 7) is 8.18. The molecule has 0 aliphatic heterocycles. The van der Waals surface area contributed by atoms with E-state index in [9.17, 15) is 0 Å². The number of hydrogen-bond acceptors (Lipinski definition) is 1. The molecule has 0 spiro atoms. The van der Waals surface area contributed by atoms with E-state index in [0.29, 0.717) is 11.8 Å². The Hall–Kier alpha value is -0.763. The predicted octanol–water partition coefficient (Wildman–Crippen LogP) is 3.02. The van der Waals surface area contributed by atoms with Crippen LogP contribution in [-0.2, 0) is 4.43 Å². The van der Waals surface area contributed by atoms with E-state index in [2.05, 4.69) is 37.9 Å². The van der Waals surface area contributed by atoms with Crippen LogP contribution >= 0.6 is 0 Å². The summed E-state index contributed by atoms with van der Waals surface area (Å²) < 4.78 is 6.01. The molecule has 2 aliphatic rings. The molecule has 0 amide bonds. The van der Waals surface area contributed by atoms with Crippen molar-refractivity contribution in [3.05, 3.63) is 36.3 Å². The van der Waals surface area contributed by atoms with Crippen LogP contribution in [0.4, 0.5) is 0 Å². The molecule has 0 aromatic carbocycles. The minimum Gasteiger partial charge on any atom is -0.543 e. The minimum absolute atomic E-state index is 0.566. The summed E-state index contributed by atoms with van der Waals surface area (Å²) in [6.07, 6.45) is 8.05. The Bertz CT molecular complexity index is 288. The molecule has 2 bridgehead atoms. The van der Waals surface area contributed by atoms with Gasteiger partial charge in [0.15, 0.2) is 0 Å². The van der Waals surface area contributed by atoms with Gasteiger partial charge in [0, 0.05) is 5.92 Å². The zero-order valence-corrected chi connectivity index (χ0v) is 9.29. The summed E-state index contributed by atoms with van der Waals surface area (Å²) in [6, 6.07) is 0. The fourth-order valence-electron chi connectivity index (χ4n) is 1.85. The van der Waals surface area contributed by atoms with Crippen molar-refractivity contribution >= 4 is 8.32 Å². The van der Waals surface area contributed by atoms with Crippen molar-refractivity contribution in [1.82, 2.24) is 0 Å². The van der Waals surface area contributed by atoms with Gasteiger partial charge in [-0.05, 0) is 31.5 Å². The lowest BCUT2D eigenvalue weighted by molar-refractivity contribution is 0.382. The van der Waals surface area contributed by atoms with Gasteiger partial charge >= 0.3 is 0 Å². The van der Waals surface area contributed by atoms with Crippen LogP contribution in [-0.4, -0.2) is 8.32 Å². The quantitative estimate of drug-likeness (QED) is 0.493. The lowest BCUT2D eigenvalue weighted by atomic mass is 10.1. The smallest absolute Gasteiger partial charge is 0.268 e. The lowest BCUT2D eigenvalue weighted by Gasteiger charge is -2.23. The zero-order chi connectivity index (χ0) is 9.47. The molecule has 2 atom stereocenters. The molecule has 2 aliphatic carbocycles. The second-order valence-electron chi connectivity index (χ2n) is 4.37. The second-order valence-corrected chi connectivity index (χ2v) is 8.19. The standard InChI is InChI=1S/C11H16OSi/c1-4-13(2,3)12-11-8-9-5-6-10(11)7-9/h4-6,8-10H,1,7H2,2-3H3. The van der Waals surface area contributed by atoms with Gasteiger partial charge in [-0.25, -0.2) is 0 Å². The molecule has 0 radical (unpaired) electrons. The van der Waals surface area contributed by atoms with Gasteiger partial charge in [-0.15, -0.1) is 6.58 Å². The molecule has 0 fully saturated rings. The average molecular weight is 192 g/mol. The van der Waals surface area contributed by atoms with Gasteiger partial charge < -0.3 is 4.43 Å². The molecule has 0 aromatic heterocycles. The number of hydrogen-bond donors (Lipinski definition) is 0. The van der Waals surface area contributed by atoms with Crippen molar-refractivity contribution in [3.8, 4) is 0 Å². The maximum Gasteiger partial charge on any atom is 0.268 e. The predicted molar refractivity (Wildman–Crippen MR) is 57.6 cm³/mol. The largest absolute Gasteiger partial charge is 0.543 e. The molecular weight excluding hydrogens is 176 g/mol. The van der Waals surface area contributed by atoms with Gasteiger partial charge in [0.05, 0.1) is 5.76 Å². The van der Waals surface area contributed by atoms with Crippen molar-refractivity contribution in [2.45, 2.75) is 19.5 Å². The van der Waals surface area contributed by atoms with Gasteiger partial charge in [-0.2, -0.15) is 0 Å². The van der Waals surface area contributed by atoms with E-state index in [1.807, 2.05) is 5.70 Å². The van der Waals surface area contributed by atoms with Crippen LogP contribution in [0.15, 0.2) is 36.3 Å². The van der Waals surface area contributed by atoms with Gasteiger partial charge in [-0.3, -0.25) is 0 Å². The average Bonchev–Trinajstić information content (AvgIpc) is 2.64. The van der Waals surface area contributed by atoms with Crippen molar-refractivity contribution in [3.63, 3.8) is 0 Å². The van der Waals surface area contributed by atoms with Crippen LogP contribution < -0.4 is 0 Å². The first-order chi connectivity index (χ1) is 6.11. The Morgan fingerprint density at radius 2 is 2.31 bits per heavy atom. The van der Waals surface area contributed by atoms with Crippen LogP contribution in [0, 0.1) is 11.8 Å². The van der Waals surface area contributed by atoms with Gasteiger partial charge in [0.2, 0.25) is 0 Å². The summed E-state index contributed by atoms with van der Waals surface area (Å²) in [5.74, 6) is 2.41. The molecule has 13 heavy (non-hydrogen) atoms. The van der Waals surface area contributed by atoms with Crippen LogP contribution in [0.5, 0.6) is 0 Å². The molecule has 0 heterocycles. The van der Waals surface area contributed by atoms with E-state index in [0.717, 1.165) is 0 Å². The Morgan fingerprint density at radius 1 is 1.54 bits per heavy atom. The number of fused-ring (bicyclic) bond motifs is 2. The monoisotopic (exact) mass is 192 g/mol. The van der Waals surface area contributed by atoms with Gasteiger partial charge in [-0.1, -0.05) is 17.9 Å². The van der Waals surface area contributed by atoms with Crippen molar-refractivity contribution in [1.29, 1.82) is 0 Å². The molecule has 0 aromatic rings. The first-order valence-corrected chi connectivity index (χ1v) is 7.82. The Balaban J connectivity index is 2.05. The molecule has 2 heteroatoms.